The Morgan fingerprint density at radius 2 is 2.00 bits per heavy atom. The predicted molar refractivity (Wildman–Crippen MR) is 66.5 cm³/mol. The van der Waals surface area contributed by atoms with Crippen molar-refractivity contribution in [3.05, 3.63) is 51.9 Å². The Labute approximate surface area is 98.1 Å². The zero-order valence-electron chi connectivity index (χ0n) is 8.77. The largest absolute Gasteiger partial charge is 0.398 e. The number of nitrogen functional groups attached to an aromatic ring is 1. The fourth-order valence-corrected chi connectivity index (χ4v) is 1.67. The highest BCUT2D eigenvalue weighted by Gasteiger charge is 2.04. The van der Waals surface area contributed by atoms with Gasteiger partial charge in [0.1, 0.15) is 0 Å². The van der Waals surface area contributed by atoms with Gasteiger partial charge in [-0.3, -0.25) is 4.79 Å². The molecule has 1 aromatic carbocycles. The number of benzene rings is 1. The predicted octanol–water partition coefficient (Wildman–Crippen LogP) is 2.29. The van der Waals surface area contributed by atoms with E-state index in [0.29, 0.717) is 10.7 Å². The van der Waals surface area contributed by atoms with Crippen LogP contribution in [0.25, 0.3) is 11.1 Å². The number of pyridine rings is 1. The van der Waals surface area contributed by atoms with Crippen molar-refractivity contribution in [2.75, 3.05) is 5.73 Å². The first-order chi connectivity index (χ1) is 7.58. The Balaban J connectivity index is 2.63. The van der Waals surface area contributed by atoms with Gasteiger partial charge < -0.3 is 10.3 Å². The summed E-state index contributed by atoms with van der Waals surface area (Å²) in [4.78, 5) is 11.5. The molecule has 16 heavy (non-hydrogen) atoms. The maximum atomic E-state index is 11.5. The molecule has 0 aliphatic rings. The fourth-order valence-electron chi connectivity index (χ4n) is 1.49. The molecule has 0 radical (unpaired) electrons. The Kier molecular flexibility index (Phi) is 2.71. The minimum Gasteiger partial charge on any atom is -0.398 e. The molecule has 0 amide bonds. The zero-order chi connectivity index (χ0) is 11.7. The standard InChI is InChI=1S/C12H11ClN2O/c1-15-5-4-8(6-12(15)16)10-7-9(13)2-3-11(10)14/h2-7H,14H2,1H3. The molecule has 0 saturated carbocycles. The van der Waals surface area contributed by atoms with E-state index in [2.05, 4.69) is 0 Å². The summed E-state index contributed by atoms with van der Waals surface area (Å²) in [5, 5.41) is 0.602. The third kappa shape index (κ3) is 1.95. The Morgan fingerprint density at radius 1 is 1.25 bits per heavy atom. The highest BCUT2D eigenvalue weighted by atomic mass is 35.5. The summed E-state index contributed by atoms with van der Waals surface area (Å²) in [7, 11) is 1.70. The summed E-state index contributed by atoms with van der Waals surface area (Å²) in [5.41, 5.74) is 7.94. The second-order valence-electron chi connectivity index (χ2n) is 3.60. The lowest BCUT2D eigenvalue weighted by molar-refractivity contribution is 0.861. The molecule has 0 unspecified atom stereocenters. The minimum atomic E-state index is -0.0723. The van der Waals surface area contributed by atoms with Crippen molar-refractivity contribution in [1.82, 2.24) is 4.57 Å². The van der Waals surface area contributed by atoms with E-state index >= 15 is 0 Å². The summed E-state index contributed by atoms with van der Waals surface area (Å²) >= 11 is 5.90. The van der Waals surface area contributed by atoms with Gasteiger partial charge in [-0.25, -0.2) is 0 Å². The summed E-state index contributed by atoms with van der Waals surface area (Å²) in [6, 6.07) is 8.59. The van der Waals surface area contributed by atoms with Crippen LogP contribution in [0.1, 0.15) is 0 Å². The van der Waals surface area contributed by atoms with Crippen molar-refractivity contribution in [1.29, 1.82) is 0 Å². The van der Waals surface area contributed by atoms with Gasteiger partial charge in [0.15, 0.2) is 0 Å². The molecule has 0 aliphatic heterocycles. The lowest BCUT2D eigenvalue weighted by Gasteiger charge is -2.06. The molecular formula is C12H11ClN2O. The fraction of sp³-hybridized carbons (Fsp3) is 0.0833. The van der Waals surface area contributed by atoms with Crippen LogP contribution < -0.4 is 11.3 Å². The number of hydrogen-bond acceptors (Lipinski definition) is 2. The molecule has 82 valence electrons. The first-order valence-electron chi connectivity index (χ1n) is 4.80. The number of aromatic nitrogens is 1. The lowest BCUT2D eigenvalue weighted by atomic mass is 10.1. The first-order valence-corrected chi connectivity index (χ1v) is 5.18. The average Bonchev–Trinajstić information content (AvgIpc) is 2.26. The Bertz CT molecular complexity index is 590. The molecule has 2 aromatic rings. The molecule has 0 atom stereocenters. The topological polar surface area (TPSA) is 48.0 Å². The molecule has 2 rings (SSSR count). The number of rotatable bonds is 1. The second-order valence-corrected chi connectivity index (χ2v) is 4.03. The van der Waals surface area contributed by atoms with Crippen molar-refractivity contribution >= 4 is 17.3 Å². The maximum Gasteiger partial charge on any atom is 0.250 e. The number of nitrogens with zero attached hydrogens (tertiary/aromatic N) is 1. The van der Waals surface area contributed by atoms with Crippen LogP contribution >= 0.6 is 11.6 Å². The minimum absolute atomic E-state index is 0.0723. The van der Waals surface area contributed by atoms with Gasteiger partial charge in [0.25, 0.3) is 5.56 Å². The van der Waals surface area contributed by atoms with Crippen LogP contribution in [0.4, 0.5) is 5.69 Å². The van der Waals surface area contributed by atoms with E-state index in [1.807, 2.05) is 6.07 Å². The summed E-state index contributed by atoms with van der Waals surface area (Å²) in [6.07, 6.45) is 1.71. The van der Waals surface area contributed by atoms with E-state index in [9.17, 15) is 4.79 Å². The van der Waals surface area contributed by atoms with Crippen molar-refractivity contribution < 1.29 is 0 Å². The molecule has 0 bridgehead atoms. The van der Waals surface area contributed by atoms with Crippen LogP contribution in [-0.4, -0.2) is 4.57 Å². The molecule has 2 N–H and O–H groups in total. The van der Waals surface area contributed by atoms with Crippen LogP contribution in [0, 0.1) is 0 Å². The molecule has 0 spiro atoms. The van der Waals surface area contributed by atoms with Gasteiger partial charge in [-0.2, -0.15) is 0 Å². The Hall–Kier alpha value is -1.74. The van der Waals surface area contributed by atoms with E-state index < -0.39 is 0 Å². The highest BCUT2D eigenvalue weighted by molar-refractivity contribution is 6.31. The molecular weight excluding hydrogens is 224 g/mol. The smallest absolute Gasteiger partial charge is 0.250 e. The van der Waals surface area contributed by atoms with Gasteiger partial charge in [0.2, 0.25) is 0 Å². The molecule has 0 aliphatic carbocycles. The van der Waals surface area contributed by atoms with Crippen LogP contribution in [-0.2, 0) is 7.05 Å². The number of aryl methyl sites for hydroxylation is 1. The van der Waals surface area contributed by atoms with Gasteiger partial charge >= 0.3 is 0 Å². The molecule has 1 aromatic heterocycles. The van der Waals surface area contributed by atoms with Gasteiger partial charge in [0.05, 0.1) is 0 Å². The van der Waals surface area contributed by atoms with Crippen molar-refractivity contribution in [3.63, 3.8) is 0 Å². The van der Waals surface area contributed by atoms with Crippen LogP contribution in [0.3, 0.4) is 0 Å². The van der Waals surface area contributed by atoms with Gasteiger partial charge in [-0.15, -0.1) is 0 Å². The number of halogens is 1. The number of hydrogen-bond donors (Lipinski definition) is 1. The molecule has 3 nitrogen and oxygen atoms in total. The van der Waals surface area contributed by atoms with Gasteiger partial charge in [-0.05, 0) is 29.8 Å². The summed E-state index contributed by atoms with van der Waals surface area (Å²) < 4.78 is 1.50. The third-order valence-electron chi connectivity index (χ3n) is 2.43. The van der Waals surface area contributed by atoms with Crippen LogP contribution in [0.2, 0.25) is 5.02 Å². The second kappa shape index (κ2) is 4.02. The SMILES string of the molecule is Cn1ccc(-c2cc(Cl)ccc2N)cc1=O. The molecule has 4 heteroatoms. The van der Waals surface area contributed by atoms with E-state index in [1.54, 1.807) is 37.5 Å². The zero-order valence-corrected chi connectivity index (χ0v) is 9.53. The van der Waals surface area contributed by atoms with Crippen LogP contribution in [0.15, 0.2) is 41.3 Å². The number of anilines is 1. The molecule has 1 heterocycles. The van der Waals surface area contributed by atoms with E-state index in [4.69, 9.17) is 17.3 Å². The highest BCUT2D eigenvalue weighted by Crippen LogP contribution is 2.27. The summed E-state index contributed by atoms with van der Waals surface area (Å²) in [6.45, 7) is 0. The normalized spacial score (nSPS) is 10.4. The van der Waals surface area contributed by atoms with Crippen LogP contribution in [0.5, 0.6) is 0 Å². The van der Waals surface area contributed by atoms with E-state index in [-0.39, 0.29) is 5.56 Å². The lowest BCUT2D eigenvalue weighted by Crippen LogP contribution is -2.14. The van der Waals surface area contributed by atoms with E-state index in [1.165, 1.54) is 4.57 Å². The van der Waals surface area contributed by atoms with Crippen molar-refractivity contribution in [3.8, 4) is 11.1 Å². The van der Waals surface area contributed by atoms with Crippen molar-refractivity contribution in [2.45, 2.75) is 0 Å². The van der Waals surface area contributed by atoms with Gasteiger partial charge in [-0.1, -0.05) is 11.6 Å². The Morgan fingerprint density at radius 3 is 2.69 bits per heavy atom. The number of nitrogens with two attached hydrogens (primary N) is 1. The van der Waals surface area contributed by atoms with Crippen molar-refractivity contribution in [2.24, 2.45) is 7.05 Å². The molecule has 0 fully saturated rings. The average molecular weight is 235 g/mol. The maximum absolute atomic E-state index is 11.5. The summed E-state index contributed by atoms with van der Waals surface area (Å²) in [5.74, 6) is 0. The quantitative estimate of drug-likeness (QED) is 0.770. The monoisotopic (exact) mass is 234 g/mol. The first kappa shape index (κ1) is 10.8. The molecule has 0 saturated heterocycles. The van der Waals surface area contributed by atoms with Gasteiger partial charge in [0, 0.05) is 35.6 Å². The third-order valence-corrected chi connectivity index (χ3v) is 2.67. The van der Waals surface area contributed by atoms with E-state index in [0.717, 1.165) is 11.1 Å².